The van der Waals surface area contributed by atoms with Crippen LogP contribution in [0, 0.1) is 11.8 Å². The maximum absolute atomic E-state index is 13.5. The number of nitrogens with zero attached hydrogens (tertiary/aromatic N) is 1. The molecule has 2 aliphatic rings. The third-order valence-corrected chi connectivity index (χ3v) is 6.59. The van der Waals surface area contributed by atoms with Crippen molar-refractivity contribution in [1.29, 1.82) is 0 Å². The first-order valence-corrected chi connectivity index (χ1v) is 11.7. The van der Waals surface area contributed by atoms with Crippen molar-refractivity contribution in [2.45, 2.75) is 70.9 Å². The van der Waals surface area contributed by atoms with Gasteiger partial charge in [0.2, 0.25) is 11.7 Å². The van der Waals surface area contributed by atoms with Gasteiger partial charge in [-0.25, -0.2) is 9.59 Å². The standard InChI is InChI=1S/C25H32N2O6/c1-25(2,3)33-24(31)27-12-11-18(15-7-5-4-6-8-15)21(27)22(28)26-17-9-10-19-16(13-17)14-20(32-19)23(29)30/h9-10,13-15,18,21H,4-8,11-12H2,1-3H3,(H,26,28)(H,29,30)/t18-,21-/m0/s1. The number of fused-ring (bicyclic) bond motifs is 1. The first-order valence-electron chi connectivity index (χ1n) is 11.7. The Balaban J connectivity index is 1.57. The Morgan fingerprint density at radius 2 is 1.82 bits per heavy atom. The number of likely N-dealkylation sites (tertiary alicyclic amines) is 1. The minimum Gasteiger partial charge on any atom is -0.475 e. The molecule has 2 aromatic rings. The van der Waals surface area contributed by atoms with Crippen molar-refractivity contribution >= 4 is 34.6 Å². The topological polar surface area (TPSA) is 109 Å². The summed E-state index contributed by atoms with van der Waals surface area (Å²) in [5.41, 5.74) is 0.320. The predicted molar refractivity (Wildman–Crippen MR) is 123 cm³/mol. The lowest BCUT2D eigenvalue weighted by molar-refractivity contribution is -0.122. The second-order valence-electron chi connectivity index (χ2n) is 10.1. The van der Waals surface area contributed by atoms with Crippen LogP contribution in [0.2, 0.25) is 0 Å². The number of amides is 2. The van der Waals surface area contributed by atoms with E-state index in [1.165, 1.54) is 12.5 Å². The molecule has 1 aliphatic carbocycles. The van der Waals surface area contributed by atoms with E-state index in [4.69, 9.17) is 14.3 Å². The molecule has 1 aromatic heterocycles. The summed E-state index contributed by atoms with van der Waals surface area (Å²) in [4.78, 5) is 39.2. The second-order valence-corrected chi connectivity index (χ2v) is 10.1. The number of benzene rings is 1. The molecular weight excluding hydrogens is 424 g/mol. The Hall–Kier alpha value is -3.03. The van der Waals surface area contributed by atoms with Gasteiger partial charge >= 0.3 is 12.1 Å². The molecule has 4 rings (SSSR count). The number of carboxylic acid groups (broad SMARTS) is 1. The van der Waals surface area contributed by atoms with Crippen LogP contribution in [-0.4, -0.2) is 46.2 Å². The van der Waals surface area contributed by atoms with Crippen LogP contribution < -0.4 is 5.32 Å². The smallest absolute Gasteiger partial charge is 0.410 e. The van der Waals surface area contributed by atoms with Crippen LogP contribution in [-0.2, 0) is 9.53 Å². The predicted octanol–water partition coefficient (Wildman–Crippen LogP) is 5.28. The summed E-state index contributed by atoms with van der Waals surface area (Å²) in [6.45, 7) is 5.96. The van der Waals surface area contributed by atoms with Gasteiger partial charge in [0, 0.05) is 17.6 Å². The Kier molecular flexibility index (Phi) is 6.36. The third-order valence-electron chi connectivity index (χ3n) is 6.59. The Labute approximate surface area is 193 Å². The molecule has 1 saturated carbocycles. The normalized spacial score (nSPS) is 21.8. The number of ether oxygens (including phenoxy) is 1. The van der Waals surface area contributed by atoms with E-state index >= 15 is 0 Å². The zero-order chi connectivity index (χ0) is 23.8. The highest BCUT2D eigenvalue weighted by Gasteiger charge is 2.46. The van der Waals surface area contributed by atoms with Crippen LogP contribution in [0.4, 0.5) is 10.5 Å². The van der Waals surface area contributed by atoms with Crippen LogP contribution in [0.25, 0.3) is 11.0 Å². The molecule has 0 radical (unpaired) electrons. The minimum absolute atomic E-state index is 0.0917. The van der Waals surface area contributed by atoms with Crippen molar-refractivity contribution in [1.82, 2.24) is 4.90 Å². The van der Waals surface area contributed by atoms with E-state index in [-0.39, 0.29) is 17.6 Å². The number of carbonyl (C=O) groups excluding carboxylic acids is 2. The Morgan fingerprint density at radius 1 is 1.09 bits per heavy atom. The van der Waals surface area contributed by atoms with E-state index in [0.29, 0.717) is 29.1 Å². The highest BCUT2D eigenvalue weighted by atomic mass is 16.6. The fourth-order valence-electron chi connectivity index (χ4n) is 5.18. The maximum atomic E-state index is 13.5. The Morgan fingerprint density at radius 3 is 2.48 bits per heavy atom. The molecule has 2 heterocycles. The zero-order valence-corrected chi connectivity index (χ0v) is 19.4. The highest BCUT2D eigenvalue weighted by Crippen LogP contribution is 2.40. The fraction of sp³-hybridized carbons (Fsp3) is 0.560. The molecule has 2 fully saturated rings. The lowest BCUT2D eigenvalue weighted by Gasteiger charge is -2.34. The van der Waals surface area contributed by atoms with Gasteiger partial charge in [-0.15, -0.1) is 0 Å². The second kappa shape index (κ2) is 9.08. The van der Waals surface area contributed by atoms with Crippen LogP contribution in [0.15, 0.2) is 28.7 Å². The quantitative estimate of drug-likeness (QED) is 0.648. The molecule has 2 N–H and O–H groups in total. The lowest BCUT2D eigenvalue weighted by Crippen LogP contribution is -2.49. The highest BCUT2D eigenvalue weighted by molar-refractivity contribution is 5.99. The van der Waals surface area contributed by atoms with E-state index < -0.39 is 23.7 Å². The Bertz CT molecular complexity index is 1050. The number of carboxylic acids is 1. The number of nitrogens with one attached hydrogen (secondary N) is 1. The van der Waals surface area contributed by atoms with Crippen molar-refractivity contribution in [2.75, 3.05) is 11.9 Å². The van der Waals surface area contributed by atoms with Gasteiger partial charge in [-0.05, 0) is 63.3 Å². The van der Waals surface area contributed by atoms with E-state index in [0.717, 1.165) is 32.1 Å². The average Bonchev–Trinajstić information content (AvgIpc) is 3.37. The summed E-state index contributed by atoms with van der Waals surface area (Å²) < 4.78 is 10.9. The summed E-state index contributed by atoms with van der Waals surface area (Å²) in [5.74, 6) is -1.04. The van der Waals surface area contributed by atoms with Crippen molar-refractivity contribution in [2.24, 2.45) is 11.8 Å². The number of carbonyl (C=O) groups is 3. The summed E-state index contributed by atoms with van der Waals surface area (Å²) in [7, 11) is 0. The number of anilines is 1. The molecule has 1 saturated heterocycles. The SMILES string of the molecule is CC(C)(C)OC(=O)N1CC[C@@H](C2CCCCC2)[C@H]1C(=O)Nc1ccc2oc(C(=O)O)cc2c1. The van der Waals surface area contributed by atoms with Gasteiger partial charge in [0.1, 0.15) is 17.2 Å². The number of furan rings is 1. The average molecular weight is 457 g/mol. The molecular formula is C25H32N2O6. The molecule has 2 atom stereocenters. The van der Waals surface area contributed by atoms with Crippen LogP contribution >= 0.6 is 0 Å². The van der Waals surface area contributed by atoms with E-state index in [9.17, 15) is 14.4 Å². The maximum Gasteiger partial charge on any atom is 0.410 e. The first kappa shape index (κ1) is 23.1. The van der Waals surface area contributed by atoms with E-state index in [1.54, 1.807) is 23.1 Å². The molecule has 8 heteroatoms. The molecule has 178 valence electrons. The van der Waals surface area contributed by atoms with Gasteiger partial charge in [-0.1, -0.05) is 32.1 Å². The van der Waals surface area contributed by atoms with Gasteiger partial charge in [0.15, 0.2) is 0 Å². The summed E-state index contributed by atoms with van der Waals surface area (Å²) >= 11 is 0. The third kappa shape index (κ3) is 5.15. The lowest BCUT2D eigenvalue weighted by atomic mass is 9.76. The molecule has 33 heavy (non-hydrogen) atoms. The molecule has 0 unspecified atom stereocenters. The van der Waals surface area contributed by atoms with Crippen molar-refractivity contribution in [3.05, 3.63) is 30.0 Å². The van der Waals surface area contributed by atoms with Crippen molar-refractivity contribution in [3.8, 4) is 0 Å². The molecule has 0 bridgehead atoms. The monoisotopic (exact) mass is 456 g/mol. The van der Waals surface area contributed by atoms with Gasteiger partial charge in [0.25, 0.3) is 0 Å². The van der Waals surface area contributed by atoms with Gasteiger partial charge in [-0.3, -0.25) is 9.69 Å². The van der Waals surface area contributed by atoms with E-state index in [1.807, 2.05) is 20.8 Å². The molecule has 8 nitrogen and oxygen atoms in total. The van der Waals surface area contributed by atoms with Gasteiger partial charge < -0.3 is 19.6 Å². The fourth-order valence-corrected chi connectivity index (χ4v) is 5.18. The molecule has 1 aromatic carbocycles. The van der Waals surface area contributed by atoms with Crippen molar-refractivity contribution in [3.63, 3.8) is 0 Å². The summed E-state index contributed by atoms with van der Waals surface area (Å²) in [6, 6.07) is 5.83. The zero-order valence-electron chi connectivity index (χ0n) is 19.4. The van der Waals surface area contributed by atoms with Crippen LogP contribution in [0.3, 0.4) is 0 Å². The molecule has 2 amide bonds. The number of aromatic carboxylic acids is 1. The van der Waals surface area contributed by atoms with Crippen LogP contribution in [0.1, 0.15) is 69.9 Å². The minimum atomic E-state index is -1.15. The van der Waals surface area contributed by atoms with Crippen LogP contribution in [0.5, 0.6) is 0 Å². The number of hydrogen-bond acceptors (Lipinski definition) is 5. The van der Waals surface area contributed by atoms with Gasteiger partial charge in [-0.2, -0.15) is 0 Å². The van der Waals surface area contributed by atoms with Crippen molar-refractivity contribution < 1.29 is 28.6 Å². The summed E-state index contributed by atoms with van der Waals surface area (Å²) in [5, 5.41) is 12.7. The van der Waals surface area contributed by atoms with Gasteiger partial charge in [0.05, 0.1) is 0 Å². The van der Waals surface area contributed by atoms with E-state index in [2.05, 4.69) is 5.32 Å². The first-order chi connectivity index (χ1) is 15.6. The number of hydrogen-bond donors (Lipinski definition) is 2. The summed E-state index contributed by atoms with van der Waals surface area (Å²) in [6.07, 6.45) is 6.02. The largest absolute Gasteiger partial charge is 0.475 e. The molecule has 0 spiro atoms. The molecule has 1 aliphatic heterocycles. The number of rotatable bonds is 4.